The molecule has 2 heterocycles. The number of rotatable bonds is 3. The van der Waals surface area contributed by atoms with E-state index in [-0.39, 0.29) is 23.3 Å². The zero-order valence-electron chi connectivity index (χ0n) is 9.59. The molecule has 0 unspecified atom stereocenters. The molecule has 7 heteroatoms. The molecule has 0 aliphatic heterocycles. The van der Waals surface area contributed by atoms with Gasteiger partial charge in [-0.1, -0.05) is 11.6 Å². The van der Waals surface area contributed by atoms with Crippen LogP contribution in [0.5, 0.6) is 0 Å². The van der Waals surface area contributed by atoms with Crippen molar-refractivity contribution < 1.29 is 4.79 Å². The van der Waals surface area contributed by atoms with Crippen molar-refractivity contribution in [3.8, 4) is 0 Å². The first-order valence-corrected chi connectivity index (χ1v) is 5.56. The first-order chi connectivity index (χ1) is 8.65. The number of amides is 1. The Morgan fingerprint density at radius 2 is 2.11 bits per heavy atom. The fraction of sp³-hybridized carbons (Fsp3) is 0.182. The van der Waals surface area contributed by atoms with Crippen molar-refractivity contribution in [1.29, 1.82) is 0 Å². The predicted octanol–water partition coefficient (Wildman–Crippen LogP) is 1.16. The summed E-state index contributed by atoms with van der Waals surface area (Å²) in [5.74, 6) is -0.354. The Hall–Kier alpha value is -2.08. The molecule has 18 heavy (non-hydrogen) atoms. The lowest BCUT2D eigenvalue weighted by Crippen LogP contribution is -2.24. The molecule has 1 amide bonds. The fourth-order valence-corrected chi connectivity index (χ4v) is 1.37. The first kappa shape index (κ1) is 12.4. The van der Waals surface area contributed by atoms with E-state index in [1.807, 2.05) is 6.92 Å². The smallest absolute Gasteiger partial charge is 0.271 e. The van der Waals surface area contributed by atoms with Crippen molar-refractivity contribution in [3.05, 3.63) is 47.0 Å². The molecule has 0 aliphatic carbocycles. The van der Waals surface area contributed by atoms with Crippen LogP contribution in [0.15, 0.2) is 24.8 Å². The standard InChI is InChI=1S/C11H10ClN5O/c1-7-2-15-8(3-14-7)4-16-11(18)9-5-13-6-10(12)17-9/h2-3,5-6H,4H2,1H3,(H,16,18). The van der Waals surface area contributed by atoms with Gasteiger partial charge in [0, 0.05) is 6.20 Å². The van der Waals surface area contributed by atoms with E-state index in [1.54, 1.807) is 12.4 Å². The summed E-state index contributed by atoms with van der Waals surface area (Å²) in [4.78, 5) is 27.6. The van der Waals surface area contributed by atoms with E-state index in [9.17, 15) is 4.79 Å². The zero-order valence-corrected chi connectivity index (χ0v) is 10.3. The minimum Gasteiger partial charge on any atom is -0.345 e. The highest BCUT2D eigenvalue weighted by Gasteiger charge is 2.08. The number of nitrogens with zero attached hydrogens (tertiary/aromatic N) is 4. The van der Waals surface area contributed by atoms with Crippen molar-refractivity contribution >= 4 is 17.5 Å². The molecule has 0 atom stereocenters. The molecule has 0 aromatic carbocycles. The average Bonchev–Trinajstić information content (AvgIpc) is 2.38. The summed E-state index contributed by atoms with van der Waals surface area (Å²) < 4.78 is 0. The van der Waals surface area contributed by atoms with E-state index < -0.39 is 0 Å². The Morgan fingerprint density at radius 3 is 2.78 bits per heavy atom. The highest BCUT2D eigenvalue weighted by Crippen LogP contribution is 2.02. The van der Waals surface area contributed by atoms with Gasteiger partial charge in [-0.25, -0.2) is 4.98 Å². The lowest BCUT2D eigenvalue weighted by molar-refractivity contribution is 0.0945. The number of aryl methyl sites for hydroxylation is 1. The summed E-state index contributed by atoms with van der Waals surface area (Å²) in [5.41, 5.74) is 1.66. The van der Waals surface area contributed by atoms with Gasteiger partial charge in [0.05, 0.1) is 36.5 Å². The summed E-state index contributed by atoms with van der Waals surface area (Å²) >= 11 is 5.65. The molecule has 92 valence electrons. The van der Waals surface area contributed by atoms with Crippen LogP contribution in [0.25, 0.3) is 0 Å². The topological polar surface area (TPSA) is 80.7 Å². The van der Waals surface area contributed by atoms with E-state index in [0.717, 1.165) is 5.69 Å². The predicted molar refractivity (Wildman–Crippen MR) is 65.0 cm³/mol. The van der Waals surface area contributed by atoms with Crippen LogP contribution >= 0.6 is 11.6 Å². The van der Waals surface area contributed by atoms with Crippen LogP contribution in [0.4, 0.5) is 0 Å². The van der Waals surface area contributed by atoms with Crippen molar-refractivity contribution in [2.24, 2.45) is 0 Å². The van der Waals surface area contributed by atoms with E-state index in [1.165, 1.54) is 12.4 Å². The maximum absolute atomic E-state index is 11.7. The second-order valence-corrected chi connectivity index (χ2v) is 3.95. The SMILES string of the molecule is Cc1cnc(CNC(=O)c2cncc(Cl)n2)cn1. The minimum absolute atomic E-state index is 0.169. The molecule has 2 aromatic heterocycles. The second-order valence-electron chi connectivity index (χ2n) is 3.56. The normalized spacial score (nSPS) is 10.1. The summed E-state index contributed by atoms with van der Waals surface area (Å²) in [5, 5.41) is 2.84. The minimum atomic E-state index is -0.354. The van der Waals surface area contributed by atoms with Crippen molar-refractivity contribution in [2.75, 3.05) is 0 Å². The summed E-state index contributed by atoms with van der Waals surface area (Å²) in [6, 6.07) is 0. The molecule has 0 radical (unpaired) electrons. The number of halogens is 1. The first-order valence-electron chi connectivity index (χ1n) is 5.18. The number of hydrogen-bond acceptors (Lipinski definition) is 5. The van der Waals surface area contributed by atoms with Gasteiger partial charge in [0.2, 0.25) is 0 Å². The highest BCUT2D eigenvalue weighted by atomic mass is 35.5. The molecule has 0 saturated heterocycles. The maximum atomic E-state index is 11.7. The number of aromatic nitrogens is 4. The van der Waals surface area contributed by atoms with Crippen LogP contribution in [0.2, 0.25) is 5.15 Å². The van der Waals surface area contributed by atoms with Gasteiger partial charge < -0.3 is 5.32 Å². The van der Waals surface area contributed by atoms with Crippen LogP contribution in [0.1, 0.15) is 21.9 Å². The third kappa shape index (κ3) is 3.21. The molecule has 2 rings (SSSR count). The Morgan fingerprint density at radius 1 is 1.28 bits per heavy atom. The van der Waals surface area contributed by atoms with E-state index in [2.05, 4.69) is 25.3 Å². The molecular weight excluding hydrogens is 254 g/mol. The number of hydrogen-bond donors (Lipinski definition) is 1. The van der Waals surface area contributed by atoms with Crippen molar-refractivity contribution in [2.45, 2.75) is 13.5 Å². The van der Waals surface area contributed by atoms with Gasteiger partial charge in [0.25, 0.3) is 5.91 Å². The van der Waals surface area contributed by atoms with Gasteiger partial charge in [0.1, 0.15) is 10.8 Å². The van der Waals surface area contributed by atoms with E-state index in [4.69, 9.17) is 11.6 Å². The zero-order chi connectivity index (χ0) is 13.0. The molecule has 0 aliphatic rings. The summed E-state index contributed by atoms with van der Waals surface area (Å²) in [6.07, 6.45) is 5.96. The van der Waals surface area contributed by atoms with Crippen LogP contribution in [0.3, 0.4) is 0 Å². The molecule has 0 saturated carbocycles. The van der Waals surface area contributed by atoms with E-state index in [0.29, 0.717) is 5.69 Å². The van der Waals surface area contributed by atoms with Crippen LogP contribution in [-0.4, -0.2) is 25.8 Å². The fourth-order valence-electron chi connectivity index (χ4n) is 1.22. The lowest BCUT2D eigenvalue weighted by atomic mass is 10.4. The second kappa shape index (κ2) is 5.50. The molecule has 1 N–H and O–H groups in total. The van der Waals surface area contributed by atoms with Crippen LogP contribution in [0, 0.1) is 6.92 Å². The molecule has 6 nitrogen and oxygen atoms in total. The van der Waals surface area contributed by atoms with Gasteiger partial charge in [-0.15, -0.1) is 0 Å². The van der Waals surface area contributed by atoms with Crippen LogP contribution < -0.4 is 5.32 Å². The Bertz CT molecular complexity index is 558. The quantitative estimate of drug-likeness (QED) is 0.899. The summed E-state index contributed by atoms with van der Waals surface area (Å²) in [7, 11) is 0. The Kier molecular flexibility index (Phi) is 3.78. The number of carbonyl (C=O) groups is 1. The number of carbonyl (C=O) groups excluding carboxylic acids is 1. The molecule has 0 bridgehead atoms. The van der Waals surface area contributed by atoms with Crippen molar-refractivity contribution in [3.63, 3.8) is 0 Å². The van der Waals surface area contributed by atoms with Crippen LogP contribution in [-0.2, 0) is 6.54 Å². The van der Waals surface area contributed by atoms with Gasteiger partial charge in [0.15, 0.2) is 0 Å². The van der Waals surface area contributed by atoms with Gasteiger partial charge in [-0.3, -0.25) is 19.7 Å². The summed E-state index contributed by atoms with van der Waals surface area (Å²) in [6.45, 7) is 2.12. The lowest BCUT2D eigenvalue weighted by Gasteiger charge is -2.04. The van der Waals surface area contributed by atoms with Gasteiger partial charge >= 0.3 is 0 Å². The molecule has 0 spiro atoms. The monoisotopic (exact) mass is 263 g/mol. The Balaban J connectivity index is 1.98. The molecule has 0 fully saturated rings. The average molecular weight is 264 g/mol. The Labute approximate surface area is 108 Å². The van der Waals surface area contributed by atoms with E-state index >= 15 is 0 Å². The van der Waals surface area contributed by atoms with Crippen molar-refractivity contribution in [1.82, 2.24) is 25.3 Å². The third-order valence-corrected chi connectivity index (χ3v) is 2.28. The maximum Gasteiger partial charge on any atom is 0.271 e. The van der Waals surface area contributed by atoms with Gasteiger partial charge in [-0.05, 0) is 6.92 Å². The molecular formula is C11H10ClN5O. The highest BCUT2D eigenvalue weighted by molar-refractivity contribution is 6.29. The molecule has 2 aromatic rings. The third-order valence-electron chi connectivity index (χ3n) is 2.10. The number of nitrogens with one attached hydrogen (secondary N) is 1. The largest absolute Gasteiger partial charge is 0.345 e. The van der Waals surface area contributed by atoms with Gasteiger partial charge in [-0.2, -0.15) is 0 Å².